The lowest BCUT2D eigenvalue weighted by Gasteiger charge is -2.08. The maximum absolute atomic E-state index is 11.8. The van der Waals surface area contributed by atoms with Crippen molar-refractivity contribution in [1.82, 2.24) is 4.98 Å². The van der Waals surface area contributed by atoms with Gasteiger partial charge in [-0.3, -0.25) is 4.79 Å². The number of halogens is 2. The quantitative estimate of drug-likeness (QED) is 0.624. The van der Waals surface area contributed by atoms with Gasteiger partial charge in [-0.2, -0.15) is 0 Å². The van der Waals surface area contributed by atoms with Gasteiger partial charge in [-0.15, -0.1) is 0 Å². The van der Waals surface area contributed by atoms with Crippen LogP contribution in [-0.4, -0.2) is 17.5 Å². The number of nitrogens with zero attached hydrogens (tertiary/aromatic N) is 1. The van der Waals surface area contributed by atoms with Crippen molar-refractivity contribution in [1.29, 1.82) is 0 Å². The van der Waals surface area contributed by atoms with E-state index in [1.807, 2.05) is 0 Å². The van der Waals surface area contributed by atoms with E-state index in [0.29, 0.717) is 17.1 Å². The minimum absolute atomic E-state index is 0.192. The van der Waals surface area contributed by atoms with Crippen molar-refractivity contribution < 1.29 is 9.53 Å². The van der Waals surface area contributed by atoms with Gasteiger partial charge in [0.1, 0.15) is 5.75 Å². The highest BCUT2D eigenvalue weighted by Crippen LogP contribution is 2.23. The Kier molecular flexibility index (Phi) is 5.41. The van der Waals surface area contributed by atoms with Crippen LogP contribution in [0.1, 0.15) is 6.42 Å². The van der Waals surface area contributed by atoms with Gasteiger partial charge in [-0.1, -0.05) is 17.7 Å². The van der Waals surface area contributed by atoms with Gasteiger partial charge < -0.3 is 15.8 Å². The normalized spacial score (nSPS) is 10.2. The van der Waals surface area contributed by atoms with Crippen LogP contribution in [0.4, 0.5) is 11.4 Å². The molecule has 0 saturated heterocycles. The molecule has 0 saturated carbocycles. The van der Waals surface area contributed by atoms with E-state index in [0.717, 1.165) is 4.47 Å². The lowest BCUT2D eigenvalue weighted by atomic mass is 10.3. The molecule has 2 rings (SSSR count). The van der Waals surface area contributed by atoms with Gasteiger partial charge in [0.2, 0.25) is 5.91 Å². The molecule has 1 aromatic carbocycles. The summed E-state index contributed by atoms with van der Waals surface area (Å²) in [5.41, 5.74) is 6.71. The number of nitrogens with one attached hydrogen (secondary N) is 1. The molecule has 0 unspecified atom stereocenters. The lowest BCUT2D eigenvalue weighted by Crippen LogP contribution is -2.15. The Morgan fingerprint density at radius 1 is 1.43 bits per heavy atom. The number of ether oxygens (including phenoxy) is 1. The largest absolute Gasteiger partial charge is 0.493 e. The van der Waals surface area contributed by atoms with Gasteiger partial charge in [-0.25, -0.2) is 4.98 Å². The Balaban J connectivity index is 1.84. The summed E-state index contributed by atoms with van der Waals surface area (Å²) in [4.78, 5) is 15.7. The van der Waals surface area contributed by atoms with E-state index >= 15 is 0 Å². The number of rotatable bonds is 5. The van der Waals surface area contributed by atoms with E-state index in [1.54, 1.807) is 36.5 Å². The monoisotopic (exact) mass is 369 g/mol. The molecule has 2 aromatic rings. The molecule has 1 heterocycles. The third kappa shape index (κ3) is 4.91. The van der Waals surface area contributed by atoms with Crippen molar-refractivity contribution in [3.8, 4) is 5.75 Å². The van der Waals surface area contributed by atoms with Crippen LogP contribution < -0.4 is 15.8 Å². The summed E-state index contributed by atoms with van der Waals surface area (Å²) in [6.45, 7) is 0.244. The Morgan fingerprint density at radius 3 is 3.00 bits per heavy atom. The molecule has 0 aliphatic carbocycles. The zero-order valence-electron chi connectivity index (χ0n) is 11.0. The second-order valence-corrected chi connectivity index (χ2v) is 5.48. The second-order valence-electron chi connectivity index (χ2n) is 4.21. The van der Waals surface area contributed by atoms with Crippen molar-refractivity contribution in [3.63, 3.8) is 0 Å². The highest BCUT2D eigenvalue weighted by atomic mass is 79.9. The van der Waals surface area contributed by atoms with Gasteiger partial charge >= 0.3 is 0 Å². The van der Waals surface area contributed by atoms with Crippen LogP contribution in [0, 0.1) is 0 Å². The Morgan fingerprint density at radius 2 is 2.24 bits per heavy atom. The van der Waals surface area contributed by atoms with E-state index in [4.69, 9.17) is 22.1 Å². The van der Waals surface area contributed by atoms with Crippen molar-refractivity contribution in [2.24, 2.45) is 0 Å². The summed E-state index contributed by atoms with van der Waals surface area (Å²) in [5, 5.41) is 2.92. The van der Waals surface area contributed by atoms with E-state index < -0.39 is 0 Å². The van der Waals surface area contributed by atoms with E-state index in [1.165, 1.54) is 0 Å². The van der Waals surface area contributed by atoms with Crippen molar-refractivity contribution in [2.45, 2.75) is 6.42 Å². The summed E-state index contributed by atoms with van der Waals surface area (Å²) in [6, 6.07) is 8.72. The molecule has 5 nitrogen and oxygen atoms in total. The Bertz CT molecular complexity index is 652. The summed E-state index contributed by atoms with van der Waals surface area (Å²) in [7, 11) is 0. The average molecular weight is 371 g/mol. The van der Waals surface area contributed by atoms with Gasteiger partial charge in [0.15, 0.2) is 5.15 Å². The molecule has 21 heavy (non-hydrogen) atoms. The minimum Gasteiger partial charge on any atom is -0.493 e. The molecule has 3 N–H and O–H groups in total. The molecule has 0 bridgehead atoms. The van der Waals surface area contributed by atoms with E-state index in [9.17, 15) is 4.79 Å². The number of nitrogens with two attached hydrogens (primary N) is 1. The molecule has 110 valence electrons. The third-order valence-corrected chi connectivity index (χ3v) is 3.27. The first-order valence-corrected chi connectivity index (χ1v) is 7.31. The summed E-state index contributed by atoms with van der Waals surface area (Å²) in [6.07, 6.45) is 1.75. The van der Waals surface area contributed by atoms with Crippen LogP contribution in [0.2, 0.25) is 5.15 Å². The summed E-state index contributed by atoms with van der Waals surface area (Å²) < 4.78 is 6.18. The van der Waals surface area contributed by atoms with Crippen LogP contribution in [0.3, 0.4) is 0 Å². The number of aromatic nitrogens is 1. The minimum atomic E-state index is -0.208. The molecule has 0 aliphatic rings. The number of amides is 1. The SMILES string of the molecule is Nc1cccc(OCCC(=O)Nc2cc(Br)cnc2Cl)c1. The first kappa shape index (κ1) is 15.6. The van der Waals surface area contributed by atoms with E-state index in [-0.39, 0.29) is 24.1 Å². The number of hydrogen-bond donors (Lipinski definition) is 2. The van der Waals surface area contributed by atoms with Crippen LogP contribution in [0.5, 0.6) is 5.75 Å². The second kappa shape index (κ2) is 7.28. The molecule has 0 fully saturated rings. The standard InChI is InChI=1S/C14H13BrClN3O2/c15-9-6-12(14(16)18-8-9)19-13(20)4-5-21-11-3-1-2-10(17)7-11/h1-3,6-8H,4-5,17H2,(H,19,20). The highest BCUT2D eigenvalue weighted by molar-refractivity contribution is 9.10. The number of pyridine rings is 1. The molecule has 0 spiro atoms. The predicted octanol–water partition coefficient (Wildman–Crippen LogP) is 3.49. The third-order valence-electron chi connectivity index (χ3n) is 2.54. The maximum Gasteiger partial charge on any atom is 0.227 e. The van der Waals surface area contributed by atoms with E-state index in [2.05, 4.69) is 26.2 Å². The molecular formula is C14H13BrClN3O2. The average Bonchev–Trinajstić information content (AvgIpc) is 2.43. The summed E-state index contributed by atoms with van der Waals surface area (Å²) in [5.74, 6) is 0.422. The van der Waals surface area contributed by atoms with Crippen LogP contribution in [0.15, 0.2) is 41.0 Å². The molecule has 0 radical (unpaired) electrons. The van der Waals surface area contributed by atoms with Gasteiger partial charge in [0, 0.05) is 22.4 Å². The number of carbonyl (C=O) groups excluding carboxylic acids is 1. The van der Waals surface area contributed by atoms with Crippen LogP contribution >= 0.6 is 27.5 Å². The zero-order valence-corrected chi connectivity index (χ0v) is 13.3. The zero-order chi connectivity index (χ0) is 15.2. The van der Waals surface area contributed by atoms with Crippen molar-refractivity contribution in [3.05, 3.63) is 46.2 Å². The first-order chi connectivity index (χ1) is 10.0. The highest BCUT2D eigenvalue weighted by Gasteiger charge is 2.08. The first-order valence-electron chi connectivity index (χ1n) is 6.14. The van der Waals surface area contributed by atoms with Crippen molar-refractivity contribution >= 4 is 44.8 Å². The summed E-state index contributed by atoms with van der Waals surface area (Å²) >= 11 is 9.16. The molecule has 0 aliphatic heterocycles. The molecular weight excluding hydrogens is 358 g/mol. The predicted molar refractivity (Wildman–Crippen MR) is 86.5 cm³/mol. The van der Waals surface area contributed by atoms with Crippen LogP contribution in [-0.2, 0) is 4.79 Å². The number of hydrogen-bond acceptors (Lipinski definition) is 4. The number of benzene rings is 1. The molecule has 7 heteroatoms. The number of carbonyl (C=O) groups is 1. The Labute approximate surface area is 135 Å². The fourth-order valence-electron chi connectivity index (χ4n) is 1.59. The smallest absolute Gasteiger partial charge is 0.227 e. The molecule has 1 amide bonds. The maximum atomic E-state index is 11.8. The van der Waals surface area contributed by atoms with Crippen molar-refractivity contribution in [2.75, 3.05) is 17.7 Å². The molecule has 1 aromatic heterocycles. The van der Waals surface area contributed by atoms with Crippen LogP contribution in [0.25, 0.3) is 0 Å². The topological polar surface area (TPSA) is 77.2 Å². The Hall–Kier alpha value is -1.79. The fraction of sp³-hybridized carbons (Fsp3) is 0.143. The van der Waals surface area contributed by atoms with Gasteiger partial charge in [-0.05, 0) is 34.1 Å². The number of nitrogen functional groups attached to an aromatic ring is 1. The lowest BCUT2D eigenvalue weighted by molar-refractivity contribution is -0.116. The fourth-order valence-corrected chi connectivity index (χ4v) is 2.07. The van der Waals surface area contributed by atoms with Gasteiger partial charge in [0.25, 0.3) is 0 Å². The molecule has 0 atom stereocenters. The van der Waals surface area contributed by atoms with Gasteiger partial charge in [0.05, 0.1) is 18.7 Å². The number of anilines is 2.